The van der Waals surface area contributed by atoms with Crippen molar-refractivity contribution in [3.63, 3.8) is 0 Å². The molecule has 0 aliphatic carbocycles. The molecule has 6 nitrogen and oxygen atoms in total. The highest BCUT2D eigenvalue weighted by atomic mass is 16.2. The van der Waals surface area contributed by atoms with E-state index >= 15 is 0 Å². The first-order valence-corrected chi connectivity index (χ1v) is 12.8. The van der Waals surface area contributed by atoms with E-state index in [1.807, 2.05) is 12.1 Å². The predicted octanol–water partition coefficient (Wildman–Crippen LogP) is 4.12. The predicted molar refractivity (Wildman–Crippen MR) is 141 cm³/mol. The number of hydrogen-bond acceptors (Lipinski definition) is 4. The first-order valence-electron chi connectivity index (χ1n) is 12.8. The van der Waals surface area contributed by atoms with Gasteiger partial charge in [0.2, 0.25) is 11.8 Å². The van der Waals surface area contributed by atoms with Gasteiger partial charge >= 0.3 is 0 Å². The molecule has 0 aliphatic rings. The highest BCUT2D eigenvalue weighted by molar-refractivity contribution is 5.89. The van der Waals surface area contributed by atoms with Gasteiger partial charge in [0.25, 0.3) is 0 Å². The Morgan fingerprint density at radius 3 is 1.38 bits per heavy atom. The third kappa shape index (κ3) is 7.81. The Kier molecular flexibility index (Phi) is 11.5. The molecule has 0 spiro atoms. The lowest BCUT2D eigenvalue weighted by Crippen LogP contribution is -2.47. The Labute approximate surface area is 205 Å². The third-order valence-corrected chi connectivity index (χ3v) is 6.13. The second kappa shape index (κ2) is 14.1. The number of hydrogen-bond donors (Lipinski definition) is 4. The maximum atomic E-state index is 12.6. The summed E-state index contributed by atoms with van der Waals surface area (Å²) in [5.41, 5.74) is 2.32. The normalized spacial score (nSPS) is 13.3. The Bertz CT molecular complexity index is 851. The lowest BCUT2D eigenvalue weighted by Gasteiger charge is -2.23. The minimum atomic E-state index is -0.236. The van der Waals surface area contributed by atoms with Crippen molar-refractivity contribution in [1.82, 2.24) is 21.3 Å². The lowest BCUT2D eigenvalue weighted by molar-refractivity contribution is -0.125. The first-order chi connectivity index (χ1) is 16.3. The highest BCUT2D eigenvalue weighted by Gasteiger charge is 2.23. The number of nitrogens with one attached hydrogen (secondary N) is 4. The maximum absolute atomic E-state index is 12.6. The lowest BCUT2D eigenvalue weighted by atomic mass is 9.97. The van der Waals surface area contributed by atoms with E-state index in [-0.39, 0.29) is 35.7 Å². The molecule has 2 rings (SSSR count). The summed E-state index contributed by atoms with van der Waals surface area (Å²) in [5, 5.41) is 15.3. The van der Waals surface area contributed by atoms with Gasteiger partial charge in [-0.1, -0.05) is 77.9 Å². The van der Waals surface area contributed by atoms with Crippen molar-refractivity contribution in [1.29, 1.82) is 0 Å². The fourth-order valence-corrected chi connectivity index (χ4v) is 4.15. The van der Waals surface area contributed by atoms with E-state index in [1.165, 1.54) is 10.8 Å². The fraction of sp³-hybridized carbons (Fsp3) is 0.571. The summed E-state index contributed by atoms with van der Waals surface area (Å²) in [5.74, 6) is 0.503. The largest absolute Gasteiger partial charge is 0.355 e. The Hall–Kier alpha value is -2.44. The number of benzene rings is 2. The average molecular weight is 469 g/mol. The maximum Gasteiger partial charge on any atom is 0.237 e. The molecule has 0 aromatic heterocycles. The van der Waals surface area contributed by atoms with Crippen LogP contribution < -0.4 is 21.3 Å². The molecule has 0 saturated heterocycles. The summed E-state index contributed by atoms with van der Waals surface area (Å²) < 4.78 is 0. The van der Waals surface area contributed by atoms with E-state index in [0.717, 1.165) is 24.0 Å². The third-order valence-electron chi connectivity index (χ3n) is 6.13. The van der Waals surface area contributed by atoms with Crippen molar-refractivity contribution in [3.8, 4) is 0 Å². The molecule has 0 aliphatic heterocycles. The molecule has 2 aromatic carbocycles. The number of fused-ring (bicyclic) bond motifs is 1. The SMILES string of the molecule is CCCNC(=O)[C@@H](NCc1ccc(CN[C@H](C(=O)NCCC)C(C)C)c2ccccc12)C(C)C. The second-order valence-corrected chi connectivity index (χ2v) is 9.72. The molecule has 0 heterocycles. The van der Waals surface area contributed by atoms with Crippen molar-refractivity contribution in [2.75, 3.05) is 13.1 Å². The summed E-state index contributed by atoms with van der Waals surface area (Å²) in [7, 11) is 0. The van der Waals surface area contributed by atoms with E-state index in [0.29, 0.717) is 26.2 Å². The van der Waals surface area contributed by atoms with Crippen molar-refractivity contribution in [2.24, 2.45) is 11.8 Å². The van der Waals surface area contributed by atoms with Crippen LogP contribution in [-0.4, -0.2) is 37.0 Å². The smallest absolute Gasteiger partial charge is 0.237 e. The van der Waals surface area contributed by atoms with Crippen LogP contribution in [0.15, 0.2) is 36.4 Å². The molecular formula is C28H44N4O2. The minimum absolute atomic E-state index is 0.0584. The summed E-state index contributed by atoms with van der Waals surface area (Å²) in [6.07, 6.45) is 1.85. The van der Waals surface area contributed by atoms with Gasteiger partial charge in [0.1, 0.15) is 0 Å². The molecule has 4 N–H and O–H groups in total. The van der Waals surface area contributed by atoms with E-state index < -0.39 is 0 Å². The van der Waals surface area contributed by atoms with Gasteiger partial charge in [-0.25, -0.2) is 0 Å². The van der Waals surface area contributed by atoms with Gasteiger partial charge in [0.05, 0.1) is 12.1 Å². The monoisotopic (exact) mass is 468 g/mol. The van der Waals surface area contributed by atoms with E-state index in [2.05, 4.69) is 87.1 Å². The van der Waals surface area contributed by atoms with Crippen LogP contribution in [0.5, 0.6) is 0 Å². The molecule has 0 bridgehead atoms. The molecule has 2 atom stereocenters. The molecule has 188 valence electrons. The zero-order valence-electron chi connectivity index (χ0n) is 21.8. The van der Waals surface area contributed by atoms with Gasteiger partial charge < -0.3 is 21.3 Å². The van der Waals surface area contributed by atoms with Gasteiger partial charge in [-0.2, -0.15) is 0 Å². The van der Waals surface area contributed by atoms with Crippen LogP contribution in [0.3, 0.4) is 0 Å². The van der Waals surface area contributed by atoms with Gasteiger partial charge in [0.15, 0.2) is 0 Å². The molecule has 34 heavy (non-hydrogen) atoms. The van der Waals surface area contributed by atoms with Crippen molar-refractivity contribution in [2.45, 2.75) is 79.6 Å². The zero-order valence-corrected chi connectivity index (χ0v) is 21.8. The summed E-state index contributed by atoms with van der Waals surface area (Å²) in [6.45, 7) is 15.0. The van der Waals surface area contributed by atoms with Crippen molar-refractivity contribution >= 4 is 22.6 Å². The van der Waals surface area contributed by atoms with Crippen molar-refractivity contribution in [3.05, 3.63) is 47.5 Å². The topological polar surface area (TPSA) is 82.3 Å². The number of carbonyl (C=O) groups is 2. The molecule has 0 fully saturated rings. The minimum Gasteiger partial charge on any atom is -0.355 e. The van der Waals surface area contributed by atoms with Crippen LogP contribution in [0.4, 0.5) is 0 Å². The molecule has 0 radical (unpaired) electrons. The van der Waals surface area contributed by atoms with E-state index in [4.69, 9.17) is 0 Å². The second-order valence-electron chi connectivity index (χ2n) is 9.72. The van der Waals surface area contributed by atoms with Crippen LogP contribution in [0.2, 0.25) is 0 Å². The summed E-state index contributed by atoms with van der Waals surface area (Å²) in [6, 6.07) is 12.2. The van der Waals surface area contributed by atoms with E-state index in [9.17, 15) is 9.59 Å². The molecule has 6 heteroatoms. The number of rotatable bonds is 14. The first kappa shape index (κ1) is 27.8. The standard InChI is InChI=1S/C28H44N4O2/c1-7-15-29-27(33)25(19(3)4)31-17-21-13-14-22(24-12-10-9-11-23(21)24)18-32-26(20(5)6)28(34)30-16-8-2/h9-14,19-20,25-26,31-32H,7-8,15-18H2,1-6H3,(H,29,33)(H,30,34)/t25-,26-/m0/s1. The van der Waals surface area contributed by atoms with Crippen LogP contribution in [0.1, 0.15) is 65.5 Å². The summed E-state index contributed by atoms with van der Waals surface area (Å²) in [4.78, 5) is 25.2. The summed E-state index contributed by atoms with van der Waals surface area (Å²) >= 11 is 0. The Balaban J connectivity index is 2.18. The van der Waals surface area contributed by atoms with E-state index in [1.54, 1.807) is 0 Å². The van der Waals surface area contributed by atoms with Crippen LogP contribution >= 0.6 is 0 Å². The van der Waals surface area contributed by atoms with Gasteiger partial charge in [-0.05, 0) is 46.6 Å². The molecule has 2 amide bonds. The number of carbonyl (C=O) groups excluding carboxylic acids is 2. The Morgan fingerprint density at radius 2 is 1.06 bits per heavy atom. The molecule has 0 unspecified atom stereocenters. The van der Waals surface area contributed by atoms with Crippen molar-refractivity contribution < 1.29 is 9.59 Å². The molecule has 0 saturated carbocycles. The van der Waals surface area contributed by atoms with Crippen LogP contribution in [0, 0.1) is 11.8 Å². The van der Waals surface area contributed by atoms with Crippen LogP contribution in [0.25, 0.3) is 10.8 Å². The van der Waals surface area contributed by atoms with Gasteiger partial charge in [-0.15, -0.1) is 0 Å². The Morgan fingerprint density at radius 1 is 0.676 bits per heavy atom. The fourth-order valence-electron chi connectivity index (χ4n) is 4.15. The zero-order chi connectivity index (χ0) is 25.1. The number of amides is 2. The highest BCUT2D eigenvalue weighted by Crippen LogP contribution is 2.24. The van der Waals surface area contributed by atoms with Gasteiger partial charge in [0, 0.05) is 26.2 Å². The molecular weight excluding hydrogens is 424 g/mol. The molecule has 2 aromatic rings. The van der Waals surface area contributed by atoms with Crippen LogP contribution in [-0.2, 0) is 22.7 Å². The quantitative estimate of drug-likeness (QED) is 0.336. The average Bonchev–Trinajstić information content (AvgIpc) is 2.81. The van der Waals surface area contributed by atoms with Gasteiger partial charge in [-0.3, -0.25) is 9.59 Å².